The zero-order valence-corrected chi connectivity index (χ0v) is 45.2. The van der Waals surface area contributed by atoms with Gasteiger partial charge in [-0.15, -0.1) is 0 Å². The number of thioether (sulfide) groups is 1. The van der Waals surface area contributed by atoms with Gasteiger partial charge < -0.3 is 80.8 Å². The number of nitrogens with two attached hydrogens (primary N) is 4. The van der Waals surface area contributed by atoms with Crippen LogP contribution in [0, 0.1) is 0 Å². The van der Waals surface area contributed by atoms with Crippen LogP contribution in [0.5, 0.6) is 5.75 Å². The quantitative estimate of drug-likeness (QED) is 0.0137. The molecule has 0 aliphatic heterocycles. The summed E-state index contributed by atoms with van der Waals surface area (Å²) in [7, 11) is 0. The Morgan fingerprint density at radius 3 is 1.57 bits per heavy atom. The van der Waals surface area contributed by atoms with E-state index in [9.17, 15) is 63.3 Å². The van der Waals surface area contributed by atoms with Crippen molar-refractivity contribution in [2.45, 2.75) is 113 Å². The molecule has 426 valence electrons. The average molecular weight is 1140 g/mol. The Balaban J connectivity index is 2.26. The summed E-state index contributed by atoms with van der Waals surface area (Å²) in [4.78, 5) is 136. The van der Waals surface area contributed by atoms with E-state index in [0.29, 0.717) is 17.7 Å². The van der Waals surface area contributed by atoms with E-state index in [4.69, 9.17) is 22.9 Å². The zero-order valence-electron chi connectivity index (χ0n) is 42.6. The lowest BCUT2D eigenvalue weighted by molar-refractivity contribution is -0.142. The summed E-state index contributed by atoms with van der Waals surface area (Å²) in [6.45, 7) is -0.461. The molecule has 19 N–H and O–H groups in total. The molecule has 77 heavy (non-hydrogen) atoms. The summed E-state index contributed by atoms with van der Waals surface area (Å²) in [5.41, 5.74) is 24.1. The fraction of sp³-hybridized carbons (Fsp3) is 0.521. The predicted octanol–water partition coefficient (Wildman–Crippen LogP) is -3.24. The molecule has 26 nitrogen and oxygen atoms in total. The first-order chi connectivity index (χ1) is 36.6. The molecule has 0 spiro atoms. The third kappa shape index (κ3) is 26.2. The molecule has 0 bridgehead atoms. The van der Waals surface area contributed by atoms with Gasteiger partial charge in [0.25, 0.3) is 0 Å². The number of carboxylic acids is 2. The van der Waals surface area contributed by atoms with Crippen LogP contribution < -0.4 is 65.5 Å². The second kappa shape index (κ2) is 36.3. The number of carbonyl (C=O) groups is 10. The summed E-state index contributed by atoms with van der Waals surface area (Å²) >= 11 is 9.65. The Kier molecular flexibility index (Phi) is 31.2. The van der Waals surface area contributed by atoms with Crippen LogP contribution in [-0.2, 0) is 60.8 Å². The van der Waals surface area contributed by atoms with Crippen molar-refractivity contribution in [1.29, 1.82) is 0 Å². The molecule has 8 amide bonds. The van der Waals surface area contributed by atoms with E-state index in [-0.39, 0.29) is 81.3 Å². The number of thiol groups is 2. The minimum absolute atomic E-state index is 0.00839. The van der Waals surface area contributed by atoms with Crippen LogP contribution in [0.4, 0.5) is 0 Å². The van der Waals surface area contributed by atoms with E-state index in [1.807, 2.05) is 0 Å². The van der Waals surface area contributed by atoms with Gasteiger partial charge in [0.2, 0.25) is 47.3 Å². The highest BCUT2D eigenvalue weighted by molar-refractivity contribution is 7.98. The van der Waals surface area contributed by atoms with Gasteiger partial charge in [-0.1, -0.05) is 42.5 Å². The second-order valence-electron chi connectivity index (χ2n) is 17.5. The SMILES string of the molecule is CSCC[C@H](NC(=O)[C@H](CCC(=O)O)NC(=O)[C@H](CCCCN)NC(=O)[C@H](CCCN=C(N)N)NC(=O)[C@H](CS)NC(=O)[C@@H](N)Cc1ccccc1)C(=O)NCC(=O)N[C@@H](CS)C(=O)N[C@@H](Cc1ccc(O)cc1)C(=O)O. The van der Waals surface area contributed by atoms with Crippen molar-refractivity contribution in [2.75, 3.05) is 43.1 Å². The van der Waals surface area contributed by atoms with E-state index in [1.54, 1.807) is 36.6 Å². The number of rotatable bonds is 37. The topological polar surface area (TPSA) is 444 Å². The zero-order chi connectivity index (χ0) is 57.5. The molecule has 0 aromatic heterocycles. The smallest absolute Gasteiger partial charge is 0.326 e. The van der Waals surface area contributed by atoms with Gasteiger partial charge in [0, 0.05) is 30.9 Å². The average Bonchev–Trinajstić information content (AvgIpc) is 3.39. The molecule has 0 saturated heterocycles. The van der Waals surface area contributed by atoms with Gasteiger partial charge in [-0.2, -0.15) is 37.0 Å². The maximum Gasteiger partial charge on any atom is 0.326 e. The molecule has 0 aliphatic rings. The Hall–Kier alpha value is -6.82. The minimum Gasteiger partial charge on any atom is -0.508 e. The second-order valence-corrected chi connectivity index (χ2v) is 19.2. The van der Waals surface area contributed by atoms with Crippen LogP contribution in [0.25, 0.3) is 0 Å². The van der Waals surface area contributed by atoms with E-state index in [1.165, 1.54) is 36.0 Å². The fourth-order valence-corrected chi connectivity index (χ4v) is 8.15. The number of aliphatic imine (C=N–C) groups is 1. The van der Waals surface area contributed by atoms with Crippen LogP contribution in [0.3, 0.4) is 0 Å². The number of aromatic hydroxyl groups is 1. The van der Waals surface area contributed by atoms with Gasteiger partial charge in [-0.3, -0.25) is 48.1 Å². The van der Waals surface area contributed by atoms with Gasteiger partial charge in [0.05, 0.1) is 12.6 Å². The summed E-state index contributed by atoms with van der Waals surface area (Å²) in [6, 6.07) is 3.85. The molecule has 0 unspecified atom stereocenters. The lowest BCUT2D eigenvalue weighted by Gasteiger charge is -2.27. The number of nitrogens with one attached hydrogen (secondary N) is 8. The predicted molar refractivity (Wildman–Crippen MR) is 294 cm³/mol. The molecular weight excluding hydrogens is 1060 g/mol. The molecule has 2 rings (SSSR count). The number of amides is 8. The van der Waals surface area contributed by atoms with Crippen LogP contribution in [-0.4, -0.2) is 172 Å². The van der Waals surface area contributed by atoms with Crippen molar-refractivity contribution in [1.82, 2.24) is 42.5 Å². The van der Waals surface area contributed by atoms with Gasteiger partial charge in [-0.05, 0) is 93.2 Å². The lowest BCUT2D eigenvalue weighted by atomic mass is 10.0. The van der Waals surface area contributed by atoms with Crippen molar-refractivity contribution in [2.24, 2.45) is 27.9 Å². The number of guanidine groups is 1. The normalized spacial score (nSPS) is 14.0. The summed E-state index contributed by atoms with van der Waals surface area (Å²) in [6.07, 6.45) is 1.35. The number of phenolic OH excluding ortho intramolecular Hbond substituents is 1. The summed E-state index contributed by atoms with van der Waals surface area (Å²) in [5, 5.41) is 48.7. The molecule has 0 aliphatic carbocycles. The summed E-state index contributed by atoms with van der Waals surface area (Å²) < 4.78 is 0. The molecule has 0 fully saturated rings. The van der Waals surface area contributed by atoms with E-state index < -0.39 is 127 Å². The Morgan fingerprint density at radius 2 is 1.06 bits per heavy atom. The molecule has 0 saturated carbocycles. The number of hydrogen-bond donors (Lipinski definition) is 17. The fourth-order valence-electron chi connectivity index (χ4n) is 7.17. The van der Waals surface area contributed by atoms with Gasteiger partial charge in [0.1, 0.15) is 48.0 Å². The van der Waals surface area contributed by atoms with Crippen LogP contribution in [0.1, 0.15) is 62.5 Å². The number of carboxylic acid groups (broad SMARTS) is 2. The van der Waals surface area contributed by atoms with Gasteiger partial charge >= 0.3 is 11.9 Å². The Labute approximate surface area is 461 Å². The first-order valence-corrected chi connectivity index (χ1v) is 27.2. The Morgan fingerprint density at radius 1 is 0.584 bits per heavy atom. The van der Waals surface area contributed by atoms with Crippen molar-refractivity contribution < 1.29 is 63.3 Å². The Bertz CT molecular complexity index is 2300. The van der Waals surface area contributed by atoms with Crippen LogP contribution in [0.15, 0.2) is 59.6 Å². The molecule has 2 aromatic rings. The molecule has 2 aromatic carbocycles. The molecule has 0 radical (unpaired) electrons. The van der Waals surface area contributed by atoms with Crippen LogP contribution >= 0.6 is 37.0 Å². The van der Waals surface area contributed by atoms with Crippen molar-refractivity contribution in [3.63, 3.8) is 0 Å². The number of aliphatic carboxylic acids is 2. The van der Waals surface area contributed by atoms with Crippen molar-refractivity contribution in [3.05, 3.63) is 65.7 Å². The maximum absolute atomic E-state index is 14.1. The first kappa shape index (κ1) is 66.3. The standard InChI is InChI=1S/C48H73N13O13S3/c1-77-21-18-34(41(67)54-24-38(63)55-36(25-75)45(71)60-35(47(73)74)23-28-12-14-29(62)15-13-28)59-44(70)33(16-17-39(64)65)58-42(68)31(10-5-6-19-49)56-43(69)32(11-7-20-53-48(51)52)57-46(72)37(26-76)61-40(66)30(50)22-27-8-3-2-4-9-27/h2-4,8-9,12-15,30-37,62,75-76H,5-7,10-11,16-26,49-50H2,1H3,(H,54,67)(H,55,63)(H,56,69)(H,57,72)(H,58,68)(H,59,70)(H,60,71)(H,61,66)(H,64,65)(H,73,74)(H4,51,52,53)/t30-,31-,32-,33-,34-,35-,36-,37-/m0/s1. The lowest BCUT2D eigenvalue weighted by Crippen LogP contribution is -2.60. The molecule has 8 atom stereocenters. The third-order valence-corrected chi connectivity index (χ3v) is 12.8. The number of benzene rings is 2. The van der Waals surface area contributed by atoms with E-state index in [2.05, 4.69) is 72.8 Å². The largest absolute Gasteiger partial charge is 0.508 e. The number of carbonyl (C=O) groups excluding carboxylic acids is 8. The van der Waals surface area contributed by atoms with Crippen molar-refractivity contribution in [3.8, 4) is 5.75 Å². The van der Waals surface area contributed by atoms with E-state index in [0.717, 1.165) is 5.56 Å². The van der Waals surface area contributed by atoms with Crippen LogP contribution in [0.2, 0.25) is 0 Å². The number of nitrogens with zero attached hydrogens (tertiary/aromatic N) is 1. The van der Waals surface area contributed by atoms with E-state index >= 15 is 0 Å². The molecule has 29 heteroatoms. The highest BCUT2D eigenvalue weighted by Crippen LogP contribution is 2.13. The highest BCUT2D eigenvalue weighted by atomic mass is 32.2. The maximum atomic E-state index is 14.1. The number of phenols is 1. The van der Waals surface area contributed by atoms with Gasteiger partial charge in [0.15, 0.2) is 5.96 Å². The van der Waals surface area contributed by atoms with Crippen molar-refractivity contribution >= 4 is 102 Å². The highest BCUT2D eigenvalue weighted by Gasteiger charge is 2.34. The number of unbranched alkanes of at least 4 members (excludes halogenated alkanes) is 1. The molecular formula is C48H73N13O13S3. The minimum atomic E-state index is -1.60. The monoisotopic (exact) mass is 1140 g/mol. The number of hydrogen-bond acceptors (Lipinski definition) is 17. The summed E-state index contributed by atoms with van der Waals surface area (Å²) in [5.74, 6) is -10.0. The van der Waals surface area contributed by atoms with Gasteiger partial charge in [-0.25, -0.2) is 4.79 Å². The molecule has 0 heterocycles. The first-order valence-electron chi connectivity index (χ1n) is 24.5. The third-order valence-electron chi connectivity index (χ3n) is 11.4.